The summed E-state index contributed by atoms with van der Waals surface area (Å²) in [6.45, 7) is 0.417. The van der Waals surface area contributed by atoms with Crippen molar-refractivity contribution in [2.24, 2.45) is 0 Å². The molecule has 0 saturated carbocycles. The average Bonchev–Trinajstić information content (AvgIpc) is 0.918. The molecule has 0 aliphatic heterocycles. The van der Waals surface area contributed by atoms with Gasteiger partial charge in [0.05, 0.1) is 0 Å². The van der Waals surface area contributed by atoms with Gasteiger partial charge in [0, 0.05) is 1.37 Å². The monoisotopic (exact) mass is 113 g/mol. The first-order valence-electron chi connectivity index (χ1n) is 1.12. The summed E-state index contributed by atoms with van der Waals surface area (Å²) in [5.41, 5.74) is 0. The van der Waals surface area contributed by atoms with Crippen LogP contribution in [0.3, 0.4) is 0 Å². The molecule has 0 aromatic rings. The van der Waals surface area contributed by atoms with Crippen LogP contribution in [0.1, 0.15) is 31.1 Å². The van der Waals surface area contributed by atoms with Crippen molar-refractivity contribution in [3.05, 3.63) is 0 Å². The Labute approximate surface area is 48.0 Å². The van der Waals surface area contributed by atoms with Crippen LogP contribution in [0.4, 0.5) is 0 Å². The summed E-state index contributed by atoms with van der Waals surface area (Å²) in [4.78, 5) is 0. The van der Waals surface area contributed by atoms with E-state index in [0.29, 0.717) is 6.64 Å². The second-order valence-electron chi connectivity index (χ2n) is 0. The fourth-order valence-electron chi connectivity index (χ4n) is 0. The van der Waals surface area contributed by atoms with E-state index in [1.165, 1.54) is 0 Å². The van der Waals surface area contributed by atoms with Gasteiger partial charge in [-0.2, -0.15) is 0 Å². The predicted molar refractivity (Wildman–Crippen MR) is 42.6 cm³/mol. The third-order valence-electron chi connectivity index (χ3n) is 0. The molecule has 0 bridgehead atoms. The summed E-state index contributed by atoms with van der Waals surface area (Å²) >= 11 is 0. The Balaban J connectivity index is -0.00000000333. The summed E-state index contributed by atoms with van der Waals surface area (Å²) in [6, 6.07) is 0. The minimum atomic E-state index is 0. The zero-order chi connectivity index (χ0) is 2.71. The van der Waals surface area contributed by atoms with E-state index in [0.717, 1.165) is 0 Å². The minimum Gasteiger partial charge on any atom is -0.141 e. The third kappa shape index (κ3) is 282. The van der Waals surface area contributed by atoms with Crippen LogP contribution in [0, 0.1) is 0 Å². The highest BCUT2D eigenvalue weighted by Gasteiger charge is 0.906. The molecule has 0 saturated heterocycles. The van der Waals surface area contributed by atoms with Gasteiger partial charge in [0.25, 0.3) is 0 Å². The Morgan fingerprint density at radius 2 is 1.17 bits per heavy atom. The summed E-state index contributed by atoms with van der Waals surface area (Å²) in [5.74, 6) is 0. The normalized spacial score (nSPS) is 3.17. The maximum atomic E-state index is 6.17. The quantitative estimate of drug-likeness (QED) is 0.423. The van der Waals surface area contributed by atoms with Gasteiger partial charge < -0.3 is 0 Å². The topological polar surface area (TPSA) is 0 Å². The molecule has 0 rings (SSSR count). The van der Waals surface area contributed by atoms with Crippen molar-refractivity contribution in [1.29, 1.82) is 0 Å². The number of hydrogen-bond acceptors (Lipinski definition) is 0. The van der Waals surface area contributed by atoms with Gasteiger partial charge in [0.15, 0.2) is 0 Å². The highest BCUT2D eigenvalue weighted by molar-refractivity contribution is 7.15. The van der Waals surface area contributed by atoms with Crippen LogP contribution >= 0.6 is 9.24 Å². The van der Waals surface area contributed by atoms with Crippen LogP contribution in [-0.2, 0) is 0 Å². The number of hydrogen-bond donors (Lipinski definition) is 0. The van der Waals surface area contributed by atoms with Crippen molar-refractivity contribution in [3.8, 4) is 0 Å². The van der Waals surface area contributed by atoms with E-state index in [4.69, 9.17) is 1.37 Å². The lowest BCUT2D eigenvalue weighted by Crippen LogP contribution is -0.804. The molecule has 0 spiro atoms. The predicted octanol–water partition coefficient (Wildman–Crippen LogP) is 3.04. The van der Waals surface area contributed by atoms with E-state index >= 15 is 0 Å². The van der Waals surface area contributed by atoms with Gasteiger partial charge in [-0.05, 0) is 0 Å². The fourth-order valence-corrected chi connectivity index (χ4v) is 0. The van der Waals surface area contributed by atoms with Crippen molar-refractivity contribution in [1.82, 2.24) is 0 Å². The van der Waals surface area contributed by atoms with E-state index in [-0.39, 0.29) is 29.7 Å². The molecule has 0 aromatic carbocycles. The van der Waals surface area contributed by atoms with Gasteiger partial charge in [0.1, 0.15) is 0 Å². The van der Waals surface area contributed by atoms with E-state index in [2.05, 4.69) is 9.24 Å². The molecule has 0 amide bonds. The zero-order valence-electron chi connectivity index (χ0n) is 2.28. The SMILES string of the molecule is C.C.C.C.[2H]CP. The Hall–Kier alpha value is 0.430. The third-order valence-corrected chi connectivity index (χ3v) is 0. The highest BCUT2D eigenvalue weighted by Crippen LogP contribution is 1.46. The Bertz CT molecular complexity index is 8.04. The summed E-state index contributed by atoms with van der Waals surface area (Å²) in [7, 11) is 2.25. The summed E-state index contributed by atoms with van der Waals surface area (Å²) in [6.07, 6.45) is 0. The lowest BCUT2D eigenvalue weighted by molar-refractivity contribution is 2.50. The Morgan fingerprint density at radius 3 is 1.17 bits per heavy atom. The average molecular weight is 113 g/mol. The van der Waals surface area contributed by atoms with Crippen LogP contribution in [0.2, 0.25) is 0 Å². The molecule has 0 fully saturated rings. The van der Waals surface area contributed by atoms with E-state index in [1.807, 2.05) is 0 Å². The lowest BCUT2D eigenvalue weighted by Gasteiger charge is -1.10. The summed E-state index contributed by atoms with van der Waals surface area (Å²) in [5, 5.41) is 0. The Morgan fingerprint density at radius 1 is 1.17 bits per heavy atom. The van der Waals surface area contributed by atoms with Gasteiger partial charge in [-0.25, -0.2) is 0 Å². The first-order valence-corrected chi connectivity index (χ1v) is 1.22. The van der Waals surface area contributed by atoms with Crippen LogP contribution in [-0.4, -0.2) is 6.64 Å². The molecular formula is C5H21P. The minimum absolute atomic E-state index is 0. The molecule has 0 nitrogen and oxygen atoms in total. The van der Waals surface area contributed by atoms with Gasteiger partial charge >= 0.3 is 0 Å². The molecule has 0 aromatic heterocycles. The molecule has 1 heteroatoms. The molecule has 0 N–H and O–H groups in total. The molecule has 0 aliphatic carbocycles. The van der Waals surface area contributed by atoms with Crippen molar-refractivity contribution in [2.45, 2.75) is 29.7 Å². The van der Waals surface area contributed by atoms with Crippen LogP contribution in [0.5, 0.6) is 0 Å². The van der Waals surface area contributed by atoms with E-state index in [9.17, 15) is 0 Å². The largest absolute Gasteiger partial charge is 0.141 e. The molecule has 1 atom stereocenters. The maximum Gasteiger partial charge on any atom is 0.0274 e. The molecule has 0 radical (unpaired) electrons. The number of rotatable bonds is 0. The molecule has 1 unspecified atom stereocenters. The molecule has 0 aliphatic rings. The molecular weight excluding hydrogens is 91.0 g/mol. The van der Waals surface area contributed by atoms with Crippen LogP contribution in [0.25, 0.3) is 0 Å². The second kappa shape index (κ2) is 576. The van der Waals surface area contributed by atoms with Crippen LogP contribution < -0.4 is 0 Å². The highest BCUT2D eigenvalue weighted by atomic mass is 31.0. The van der Waals surface area contributed by atoms with E-state index in [1.54, 1.807) is 0 Å². The van der Waals surface area contributed by atoms with Gasteiger partial charge in [-0.15, -0.1) is 9.24 Å². The first-order chi connectivity index (χ1) is 1.41. The van der Waals surface area contributed by atoms with Crippen LogP contribution in [0.15, 0.2) is 0 Å². The van der Waals surface area contributed by atoms with Gasteiger partial charge in [-0.3, -0.25) is 0 Å². The second-order valence-corrected chi connectivity index (χ2v) is 0. The lowest BCUT2D eigenvalue weighted by atomic mass is 12.0. The molecule has 46 valence electrons. The smallest absolute Gasteiger partial charge is 0.0274 e. The Kier molecular flexibility index (Phi) is 3080. The first kappa shape index (κ1) is 32.1. The van der Waals surface area contributed by atoms with Gasteiger partial charge in [-0.1, -0.05) is 36.3 Å². The standard InChI is InChI=1S/CH5P.4CH4/c1-2;;;;/h2H2,1H3;4*1H4/i1D;;;;. The van der Waals surface area contributed by atoms with Crippen molar-refractivity contribution in [3.63, 3.8) is 0 Å². The van der Waals surface area contributed by atoms with Crippen molar-refractivity contribution in [2.75, 3.05) is 6.64 Å². The fraction of sp³-hybridized carbons (Fsp3) is 1.00. The van der Waals surface area contributed by atoms with E-state index < -0.39 is 0 Å². The van der Waals surface area contributed by atoms with Crippen molar-refractivity contribution < 1.29 is 1.37 Å². The zero-order valence-corrected chi connectivity index (χ0v) is 2.44. The molecule has 0 heterocycles. The molecule has 6 heavy (non-hydrogen) atoms. The van der Waals surface area contributed by atoms with Gasteiger partial charge in [0.2, 0.25) is 0 Å². The maximum absolute atomic E-state index is 6.17. The summed E-state index contributed by atoms with van der Waals surface area (Å²) < 4.78 is 6.17. The van der Waals surface area contributed by atoms with Crippen molar-refractivity contribution >= 4 is 9.24 Å².